The highest BCUT2D eigenvalue weighted by molar-refractivity contribution is 7.10. The summed E-state index contributed by atoms with van der Waals surface area (Å²) < 4.78 is 5.37. The maximum Gasteiger partial charge on any atom is 0.247 e. The molecule has 1 atom stereocenters. The first-order valence-electron chi connectivity index (χ1n) is 8.49. The Labute approximate surface area is 161 Å². The predicted octanol–water partition coefficient (Wildman–Crippen LogP) is 5.01. The van der Waals surface area contributed by atoms with Gasteiger partial charge in [-0.15, -0.1) is 22.7 Å². The fourth-order valence-corrected chi connectivity index (χ4v) is 5.13. The second-order valence-electron chi connectivity index (χ2n) is 6.07. The molecule has 0 unspecified atom stereocenters. The molecule has 0 N–H and O–H groups in total. The molecule has 26 heavy (non-hydrogen) atoms. The van der Waals surface area contributed by atoms with Gasteiger partial charge in [-0.2, -0.15) is 0 Å². The van der Waals surface area contributed by atoms with Gasteiger partial charge in [0.25, 0.3) is 0 Å². The number of methoxy groups -OCH3 is 1. The zero-order valence-corrected chi connectivity index (χ0v) is 16.1. The summed E-state index contributed by atoms with van der Waals surface area (Å²) in [5.74, 6) is 0.802. The Morgan fingerprint density at radius 3 is 2.85 bits per heavy atom. The number of nitrogens with zero attached hydrogens (tertiary/aromatic N) is 1. The van der Waals surface area contributed by atoms with Crippen molar-refractivity contribution >= 4 is 34.7 Å². The van der Waals surface area contributed by atoms with E-state index in [1.165, 1.54) is 15.3 Å². The highest BCUT2D eigenvalue weighted by Gasteiger charge is 2.32. The van der Waals surface area contributed by atoms with E-state index in [0.29, 0.717) is 0 Å². The summed E-state index contributed by atoms with van der Waals surface area (Å²) in [5.41, 5.74) is 2.17. The number of rotatable bonds is 4. The van der Waals surface area contributed by atoms with E-state index in [1.54, 1.807) is 35.9 Å². The Morgan fingerprint density at radius 1 is 1.15 bits per heavy atom. The topological polar surface area (TPSA) is 29.5 Å². The molecule has 2 aromatic heterocycles. The minimum atomic E-state index is 0.0137. The number of fused-ring (bicyclic) bond motifs is 1. The molecule has 132 valence electrons. The second kappa shape index (κ2) is 7.48. The van der Waals surface area contributed by atoms with Crippen LogP contribution in [0.3, 0.4) is 0 Å². The van der Waals surface area contributed by atoms with Crippen molar-refractivity contribution in [1.82, 2.24) is 4.90 Å². The van der Waals surface area contributed by atoms with Crippen LogP contribution in [0.15, 0.2) is 59.3 Å². The minimum Gasteiger partial charge on any atom is -0.496 e. The molecule has 0 saturated carbocycles. The molecular weight excluding hydrogens is 362 g/mol. The number of ether oxygens (including phenoxy) is 1. The number of carbonyl (C=O) groups is 1. The van der Waals surface area contributed by atoms with Crippen LogP contribution in [0.5, 0.6) is 5.75 Å². The molecule has 3 aromatic rings. The quantitative estimate of drug-likeness (QED) is 0.595. The number of benzene rings is 1. The first-order valence-corrected chi connectivity index (χ1v) is 10.2. The maximum atomic E-state index is 13.0. The third kappa shape index (κ3) is 3.20. The van der Waals surface area contributed by atoms with Crippen molar-refractivity contribution in [2.24, 2.45) is 0 Å². The molecule has 0 saturated heterocycles. The minimum absolute atomic E-state index is 0.0137. The maximum absolute atomic E-state index is 13.0. The lowest BCUT2D eigenvalue weighted by atomic mass is 9.98. The summed E-state index contributed by atoms with van der Waals surface area (Å²) in [5, 5.41) is 4.20. The Bertz CT molecular complexity index is 927. The van der Waals surface area contributed by atoms with Gasteiger partial charge < -0.3 is 9.64 Å². The largest absolute Gasteiger partial charge is 0.496 e. The lowest BCUT2D eigenvalue weighted by Gasteiger charge is -2.34. The van der Waals surface area contributed by atoms with Crippen LogP contribution in [-0.2, 0) is 11.2 Å². The Hall–Kier alpha value is -2.37. The van der Waals surface area contributed by atoms with Gasteiger partial charge in [-0.25, -0.2) is 0 Å². The SMILES string of the molecule is COc1ccccc1/C=C/C(=O)N1CCc2sccc2[C@H]1c1cccs1. The van der Waals surface area contributed by atoms with E-state index < -0.39 is 0 Å². The van der Waals surface area contributed by atoms with Gasteiger partial charge in [0.2, 0.25) is 5.91 Å². The summed E-state index contributed by atoms with van der Waals surface area (Å²) in [4.78, 5) is 17.6. The number of para-hydroxylation sites is 1. The molecule has 1 amide bonds. The van der Waals surface area contributed by atoms with Gasteiger partial charge >= 0.3 is 0 Å². The van der Waals surface area contributed by atoms with Crippen LogP contribution >= 0.6 is 22.7 Å². The van der Waals surface area contributed by atoms with Gasteiger partial charge in [0.15, 0.2) is 0 Å². The zero-order valence-electron chi connectivity index (χ0n) is 14.4. The highest BCUT2D eigenvalue weighted by Crippen LogP contribution is 2.39. The molecule has 0 spiro atoms. The van der Waals surface area contributed by atoms with Crippen molar-refractivity contribution in [3.8, 4) is 5.75 Å². The first-order chi connectivity index (χ1) is 12.8. The van der Waals surface area contributed by atoms with Crippen LogP contribution in [0.1, 0.15) is 26.9 Å². The van der Waals surface area contributed by atoms with Gasteiger partial charge in [0.1, 0.15) is 5.75 Å². The van der Waals surface area contributed by atoms with Gasteiger partial charge in [-0.1, -0.05) is 24.3 Å². The van der Waals surface area contributed by atoms with E-state index in [2.05, 4.69) is 22.9 Å². The van der Waals surface area contributed by atoms with Gasteiger partial charge in [0, 0.05) is 27.9 Å². The molecule has 1 aliphatic rings. The fraction of sp³-hybridized carbons (Fsp3) is 0.190. The molecule has 0 fully saturated rings. The molecule has 0 aliphatic carbocycles. The van der Waals surface area contributed by atoms with Crippen LogP contribution in [0.4, 0.5) is 0 Å². The molecule has 0 radical (unpaired) electrons. The summed E-state index contributed by atoms with van der Waals surface area (Å²) in [6.45, 7) is 0.741. The van der Waals surface area contributed by atoms with E-state index in [-0.39, 0.29) is 11.9 Å². The van der Waals surface area contributed by atoms with E-state index >= 15 is 0 Å². The molecule has 1 aliphatic heterocycles. The molecule has 0 bridgehead atoms. The standard InChI is InChI=1S/C21H19NO2S2/c1-24-17-6-3-2-5-15(17)8-9-20(23)22-12-10-18-16(11-14-26-18)21(22)19-7-4-13-25-19/h2-9,11,13-14,21H,10,12H2,1H3/b9-8+/t21-/m0/s1. The Balaban J connectivity index is 1.63. The number of carbonyl (C=O) groups excluding carboxylic acids is 1. The van der Waals surface area contributed by atoms with Gasteiger partial charge in [-0.3, -0.25) is 4.79 Å². The highest BCUT2D eigenvalue weighted by atomic mass is 32.1. The average Bonchev–Trinajstić information content (AvgIpc) is 3.37. The first kappa shape index (κ1) is 17.1. The summed E-state index contributed by atoms with van der Waals surface area (Å²) in [6, 6.07) is 14.1. The normalized spacial score (nSPS) is 16.7. The molecule has 5 heteroatoms. The van der Waals surface area contributed by atoms with Crippen LogP contribution < -0.4 is 4.74 Å². The van der Waals surface area contributed by atoms with Crippen LogP contribution in [-0.4, -0.2) is 24.5 Å². The van der Waals surface area contributed by atoms with E-state index in [9.17, 15) is 4.79 Å². The molecule has 3 nitrogen and oxygen atoms in total. The Kier molecular flexibility index (Phi) is 4.91. The lowest BCUT2D eigenvalue weighted by Crippen LogP contribution is -2.38. The van der Waals surface area contributed by atoms with Gasteiger partial charge in [0.05, 0.1) is 13.2 Å². The van der Waals surface area contributed by atoms with Crippen molar-refractivity contribution in [2.45, 2.75) is 12.5 Å². The van der Waals surface area contributed by atoms with E-state index in [1.807, 2.05) is 41.3 Å². The summed E-state index contributed by atoms with van der Waals surface area (Å²) in [7, 11) is 1.64. The average molecular weight is 382 g/mol. The Morgan fingerprint density at radius 2 is 2.04 bits per heavy atom. The van der Waals surface area contributed by atoms with Crippen LogP contribution in [0, 0.1) is 0 Å². The molecule has 4 rings (SSSR count). The zero-order chi connectivity index (χ0) is 17.9. The smallest absolute Gasteiger partial charge is 0.247 e. The number of thiophene rings is 2. The molecular formula is C21H19NO2S2. The van der Waals surface area contributed by atoms with Crippen molar-refractivity contribution in [2.75, 3.05) is 13.7 Å². The van der Waals surface area contributed by atoms with E-state index in [4.69, 9.17) is 4.74 Å². The third-order valence-corrected chi connectivity index (χ3v) is 6.53. The molecule has 1 aromatic carbocycles. The number of hydrogen-bond acceptors (Lipinski definition) is 4. The predicted molar refractivity (Wildman–Crippen MR) is 108 cm³/mol. The van der Waals surface area contributed by atoms with Gasteiger partial charge in [-0.05, 0) is 47.0 Å². The van der Waals surface area contributed by atoms with Crippen molar-refractivity contribution in [3.05, 3.63) is 80.2 Å². The van der Waals surface area contributed by atoms with Crippen LogP contribution in [0.2, 0.25) is 0 Å². The van der Waals surface area contributed by atoms with Crippen molar-refractivity contribution in [3.63, 3.8) is 0 Å². The number of hydrogen-bond donors (Lipinski definition) is 0. The summed E-state index contributed by atoms with van der Waals surface area (Å²) in [6.07, 6.45) is 4.43. The van der Waals surface area contributed by atoms with Crippen molar-refractivity contribution in [1.29, 1.82) is 0 Å². The van der Waals surface area contributed by atoms with Crippen molar-refractivity contribution < 1.29 is 9.53 Å². The number of amides is 1. The molecule has 3 heterocycles. The fourth-order valence-electron chi connectivity index (χ4n) is 3.37. The lowest BCUT2D eigenvalue weighted by molar-refractivity contribution is -0.127. The summed E-state index contributed by atoms with van der Waals surface area (Å²) >= 11 is 3.49. The third-order valence-electron chi connectivity index (χ3n) is 4.61. The second-order valence-corrected chi connectivity index (χ2v) is 8.05. The monoisotopic (exact) mass is 381 g/mol. The van der Waals surface area contributed by atoms with Crippen LogP contribution in [0.25, 0.3) is 6.08 Å². The van der Waals surface area contributed by atoms with E-state index in [0.717, 1.165) is 24.3 Å².